The number of ether oxygens (including phenoxy) is 1. The zero-order valence-corrected chi connectivity index (χ0v) is 18.0. The zero-order chi connectivity index (χ0) is 22.1. The standard InChI is InChI=1S/C23H21N5O2S/c1-16-11-17(2)27-23(26-16)31-15-22(29)28-25-13-19-8-5-6-10-21(19)30-14-20-9-4-3-7-18(20)12-24/h3-11,13H,14-15H2,1-2H3,(H,28,29)/b25-13-. The van der Waals surface area contributed by atoms with Gasteiger partial charge in [-0.05, 0) is 38.1 Å². The van der Waals surface area contributed by atoms with Crippen molar-refractivity contribution in [1.82, 2.24) is 15.4 Å². The molecule has 1 aromatic heterocycles. The van der Waals surface area contributed by atoms with E-state index < -0.39 is 0 Å². The Morgan fingerprint density at radius 1 is 1.16 bits per heavy atom. The van der Waals surface area contributed by atoms with Crippen molar-refractivity contribution in [3.05, 3.63) is 82.7 Å². The number of nitrogens with zero attached hydrogens (tertiary/aromatic N) is 4. The summed E-state index contributed by atoms with van der Waals surface area (Å²) in [7, 11) is 0. The number of hydrogen-bond donors (Lipinski definition) is 1. The second-order valence-electron chi connectivity index (χ2n) is 6.61. The summed E-state index contributed by atoms with van der Waals surface area (Å²) in [6.07, 6.45) is 1.53. The van der Waals surface area contributed by atoms with Crippen LogP contribution in [0, 0.1) is 25.2 Å². The highest BCUT2D eigenvalue weighted by Gasteiger charge is 2.07. The van der Waals surface area contributed by atoms with E-state index >= 15 is 0 Å². The maximum atomic E-state index is 12.1. The molecular formula is C23H21N5O2S. The molecule has 0 spiro atoms. The predicted octanol–water partition coefficient (Wildman–Crippen LogP) is 3.79. The third-order valence-electron chi connectivity index (χ3n) is 4.13. The van der Waals surface area contributed by atoms with E-state index in [2.05, 4.69) is 26.6 Å². The van der Waals surface area contributed by atoms with Gasteiger partial charge in [-0.15, -0.1) is 0 Å². The number of nitriles is 1. The topological polar surface area (TPSA) is 100 Å². The number of hydrazone groups is 1. The summed E-state index contributed by atoms with van der Waals surface area (Å²) in [5.74, 6) is 0.500. The van der Waals surface area contributed by atoms with Crippen LogP contribution in [-0.4, -0.2) is 27.8 Å². The second kappa shape index (κ2) is 10.9. The number of carbonyl (C=O) groups excluding carboxylic acids is 1. The molecule has 31 heavy (non-hydrogen) atoms. The van der Waals surface area contributed by atoms with Gasteiger partial charge in [0.2, 0.25) is 0 Å². The second-order valence-corrected chi connectivity index (χ2v) is 7.55. The summed E-state index contributed by atoms with van der Waals surface area (Å²) >= 11 is 1.26. The molecule has 0 aliphatic carbocycles. The quantitative estimate of drug-likeness (QED) is 0.252. The van der Waals surface area contributed by atoms with Crippen molar-refractivity contribution in [3.8, 4) is 11.8 Å². The van der Waals surface area contributed by atoms with Gasteiger partial charge in [0.15, 0.2) is 5.16 Å². The van der Waals surface area contributed by atoms with Crippen LogP contribution in [-0.2, 0) is 11.4 Å². The normalized spacial score (nSPS) is 10.6. The number of thioether (sulfide) groups is 1. The molecule has 1 amide bonds. The van der Waals surface area contributed by atoms with E-state index in [0.717, 1.165) is 17.0 Å². The van der Waals surface area contributed by atoms with Crippen molar-refractivity contribution in [1.29, 1.82) is 5.26 Å². The first-order valence-electron chi connectivity index (χ1n) is 9.52. The summed E-state index contributed by atoms with van der Waals surface area (Å²) in [6.45, 7) is 4.04. The van der Waals surface area contributed by atoms with Gasteiger partial charge in [-0.1, -0.05) is 42.1 Å². The maximum absolute atomic E-state index is 12.1. The van der Waals surface area contributed by atoms with Crippen LogP contribution in [0.15, 0.2) is 64.9 Å². The number of amides is 1. The smallest absolute Gasteiger partial charge is 0.250 e. The highest BCUT2D eigenvalue weighted by Crippen LogP contribution is 2.19. The average Bonchev–Trinajstić information content (AvgIpc) is 2.76. The van der Waals surface area contributed by atoms with Crippen LogP contribution in [0.3, 0.4) is 0 Å². The number of carbonyl (C=O) groups is 1. The van der Waals surface area contributed by atoms with Gasteiger partial charge in [-0.25, -0.2) is 15.4 Å². The van der Waals surface area contributed by atoms with Gasteiger partial charge in [0, 0.05) is 22.5 Å². The molecule has 7 nitrogen and oxygen atoms in total. The summed E-state index contributed by atoms with van der Waals surface area (Å²) in [5, 5.41) is 13.8. The molecule has 8 heteroatoms. The van der Waals surface area contributed by atoms with Gasteiger partial charge in [-0.3, -0.25) is 4.79 Å². The number of rotatable bonds is 8. The van der Waals surface area contributed by atoms with Crippen molar-refractivity contribution in [2.45, 2.75) is 25.6 Å². The number of benzene rings is 2. The molecule has 3 rings (SSSR count). The predicted molar refractivity (Wildman–Crippen MR) is 120 cm³/mol. The third kappa shape index (κ3) is 6.66. The monoisotopic (exact) mass is 431 g/mol. The molecule has 0 atom stereocenters. The first-order chi connectivity index (χ1) is 15.0. The molecule has 1 heterocycles. The first-order valence-corrected chi connectivity index (χ1v) is 10.5. The van der Waals surface area contributed by atoms with Crippen LogP contribution in [0.1, 0.15) is 28.1 Å². The molecule has 0 radical (unpaired) electrons. The molecule has 2 aromatic carbocycles. The van der Waals surface area contributed by atoms with Crippen molar-refractivity contribution in [2.75, 3.05) is 5.75 Å². The lowest BCUT2D eigenvalue weighted by Crippen LogP contribution is -2.20. The summed E-state index contributed by atoms with van der Waals surface area (Å²) in [5.41, 5.74) is 6.32. The van der Waals surface area contributed by atoms with E-state index in [1.54, 1.807) is 6.07 Å². The van der Waals surface area contributed by atoms with Crippen molar-refractivity contribution in [3.63, 3.8) is 0 Å². The van der Waals surface area contributed by atoms with E-state index in [0.29, 0.717) is 22.0 Å². The third-order valence-corrected chi connectivity index (χ3v) is 4.97. The Kier molecular flexibility index (Phi) is 7.73. The van der Waals surface area contributed by atoms with Gasteiger partial charge in [0.1, 0.15) is 12.4 Å². The number of para-hydroxylation sites is 1. The van der Waals surface area contributed by atoms with Crippen LogP contribution in [0.2, 0.25) is 0 Å². The number of nitrogens with one attached hydrogen (secondary N) is 1. The largest absolute Gasteiger partial charge is 0.488 e. The molecule has 3 aromatic rings. The fourth-order valence-corrected chi connectivity index (χ4v) is 3.47. The highest BCUT2D eigenvalue weighted by atomic mass is 32.2. The van der Waals surface area contributed by atoms with Crippen LogP contribution in [0.25, 0.3) is 0 Å². The molecule has 0 unspecified atom stereocenters. The number of aromatic nitrogens is 2. The molecule has 0 bridgehead atoms. The molecule has 0 fully saturated rings. The molecule has 0 aliphatic heterocycles. The number of aryl methyl sites for hydroxylation is 2. The van der Waals surface area contributed by atoms with Crippen molar-refractivity contribution < 1.29 is 9.53 Å². The summed E-state index contributed by atoms with van der Waals surface area (Å²) < 4.78 is 5.88. The Labute approximate surface area is 185 Å². The fraction of sp³-hybridized carbons (Fsp3) is 0.174. The van der Waals surface area contributed by atoms with E-state index in [4.69, 9.17) is 4.74 Å². The molecular weight excluding hydrogens is 410 g/mol. The van der Waals surface area contributed by atoms with Gasteiger partial charge >= 0.3 is 0 Å². The van der Waals surface area contributed by atoms with Crippen LogP contribution in [0.5, 0.6) is 5.75 Å². The fourth-order valence-electron chi connectivity index (χ4n) is 2.72. The highest BCUT2D eigenvalue weighted by molar-refractivity contribution is 7.99. The molecule has 156 valence electrons. The minimum Gasteiger partial charge on any atom is -0.488 e. The van der Waals surface area contributed by atoms with Crippen molar-refractivity contribution >= 4 is 23.9 Å². The van der Waals surface area contributed by atoms with Crippen LogP contribution >= 0.6 is 11.8 Å². The van der Waals surface area contributed by atoms with E-state index in [1.165, 1.54) is 18.0 Å². The van der Waals surface area contributed by atoms with Gasteiger partial charge in [0.25, 0.3) is 5.91 Å². The van der Waals surface area contributed by atoms with E-state index in [-0.39, 0.29) is 18.3 Å². The zero-order valence-electron chi connectivity index (χ0n) is 17.2. The lowest BCUT2D eigenvalue weighted by atomic mass is 10.1. The molecule has 0 aliphatic rings. The lowest BCUT2D eigenvalue weighted by molar-refractivity contribution is -0.118. The van der Waals surface area contributed by atoms with Crippen LogP contribution in [0.4, 0.5) is 0 Å². The number of hydrogen-bond acceptors (Lipinski definition) is 7. The summed E-state index contributed by atoms with van der Waals surface area (Å²) in [4.78, 5) is 20.7. The Morgan fingerprint density at radius 3 is 2.65 bits per heavy atom. The Balaban J connectivity index is 1.56. The minimum atomic E-state index is -0.259. The maximum Gasteiger partial charge on any atom is 0.250 e. The van der Waals surface area contributed by atoms with Gasteiger partial charge in [0.05, 0.1) is 23.6 Å². The van der Waals surface area contributed by atoms with Crippen molar-refractivity contribution in [2.24, 2.45) is 5.10 Å². The average molecular weight is 432 g/mol. The Bertz CT molecular complexity index is 1120. The molecule has 1 N–H and O–H groups in total. The molecule has 0 saturated heterocycles. The lowest BCUT2D eigenvalue weighted by Gasteiger charge is -2.10. The Hall–Kier alpha value is -3.70. The molecule has 0 saturated carbocycles. The SMILES string of the molecule is Cc1cc(C)nc(SCC(=O)N/N=C\c2ccccc2OCc2ccccc2C#N)n1. The minimum absolute atomic E-state index is 0.156. The van der Waals surface area contributed by atoms with Gasteiger partial charge < -0.3 is 4.74 Å². The van der Waals surface area contributed by atoms with E-state index in [1.807, 2.05) is 62.4 Å². The first kappa shape index (κ1) is 22.0. The van der Waals surface area contributed by atoms with Gasteiger partial charge in [-0.2, -0.15) is 10.4 Å². The Morgan fingerprint density at radius 2 is 1.87 bits per heavy atom. The van der Waals surface area contributed by atoms with Crippen LogP contribution < -0.4 is 10.2 Å². The van der Waals surface area contributed by atoms with E-state index in [9.17, 15) is 10.1 Å². The summed E-state index contributed by atoms with van der Waals surface area (Å²) in [6, 6.07) is 18.7.